The minimum absolute atomic E-state index is 0.133. The molecule has 2 atom stereocenters. The number of nitrogens with zero attached hydrogens (tertiary/aromatic N) is 1. The van der Waals surface area contributed by atoms with E-state index < -0.39 is 0 Å². The molecule has 1 rings (SSSR count). The lowest BCUT2D eigenvalue weighted by Gasteiger charge is -2.49. The van der Waals surface area contributed by atoms with Crippen molar-refractivity contribution in [2.24, 2.45) is 22.1 Å². The van der Waals surface area contributed by atoms with E-state index in [-0.39, 0.29) is 5.41 Å². The summed E-state index contributed by atoms with van der Waals surface area (Å²) in [5, 5.41) is 0. The number of methoxy groups -OCH3 is 1. The molecular formula is C11H22N2O. The smallest absolute Gasteiger partial charge is 0.0966 e. The number of amidine groups is 1. The third kappa shape index (κ3) is 1.92. The molecule has 1 fully saturated rings. The topological polar surface area (TPSA) is 47.6 Å². The number of hydrogen-bond acceptors (Lipinski definition) is 2. The van der Waals surface area contributed by atoms with Crippen molar-refractivity contribution in [3.63, 3.8) is 0 Å². The molecule has 0 spiro atoms. The zero-order chi connectivity index (χ0) is 10.9. The van der Waals surface area contributed by atoms with Gasteiger partial charge in [-0.1, -0.05) is 27.7 Å². The zero-order valence-electron chi connectivity index (χ0n) is 9.87. The summed E-state index contributed by atoms with van der Waals surface area (Å²) >= 11 is 0. The fourth-order valence-corrected chi connectivity index (χ4v) is 1.81. The fourth-order valence-electron chi connectivity index (χ4n) is 1.81. The van der Waals surface area contributed by atoms with Crippen molar-refractivity contribution in [3.8, 4) is 0 Å². The van der Waals surface area contributed by atoms with E-state index in [1.165, 1.54) is 0 Å². The van der Waals surface area contributed by atoms with Gasteiger partial charge in [-0.15, -0.1) is 0 Å². The molecule has 0 aromatic carbocycles. The van der Waals surface area contributed by atoms with Crippen LogP contribution in [0.2, 0.25) is 0 Å². The Labute approximate surface area is 86.7 Å². The summed E-state index contributed by atoms with van der Waals surface area (Å²) < 4.78 is 5.36. The lowest BCUT2D eigenvalue weighted by molar-refractivity contribution is -0.0851. The first-order chi connectivity index (χ1) is 6.39. The summed E-state index contributed by atoms with van der Waals surface area (Å²) in [4.78, 5) is 4.55. The molecule has 0 radical (unpaired) electrons. The van der Waals surface area contributed by atoms with Crippen LogP contribution in [0.4, 0.5) is 0 Å². The third-order valence-corrected chi connectivity index (χ3v) is 3.31. The van der Waals surface area contributed by atoms with Crippen molar-refractivity contribution in [2.45, 2.75) is 46.3 Å². The molecule has 0 saturated heterocycles. The number of hydrogen-bond donors (Lipinski definition) is 1. The Morgan fingerprint density at radius 1 is 1.50 bits per heavy atom. The monoisotopic (exact) mass is 198 g/mol. The van der Waals surface area contributed by atoms with Gasteiger partial charge in [0.15, 0.2) is 0 Å². The SMILES string of the molecule is COC1CC(N=C(N)C(C)C)C1(C)C. The highest BCUT2D eigenvalue weighted by atomic mass is 16.5. The van der Waals surface area contributed by atoms with Gasteiger partial charge in [-0.05, 0) is 6.42 Å². The van der Waals surface area contributed by atoms with Crippen LogP contribution in [0.5, 0.6) is 0 Å². The minimum atomic E-state index is 0.133. The van der Waals surface area contributed by atoms with Crippen molar-refractivity contribution < 1.29 is 4.74 Å². The van der Waals surface area contributed by atoms with Gasteiger partial charge in [-0.3, -0.25) is 4.99 Å². The lowest BCUT2D eigenvalue weighted by Crippen LogP contribution is -2.54. The van der Waals surface area contributed by atoms with Gasteiger partial charge in [0.05, 0.1) is 18.0 Å². The molecule has 82 valence electrons. The van der Waals surface area contributed by atoms with Gasteiger partial charge >= 0.3 is 0 Å². The first-order valence-electron chi connectivity index (χ1n) is 5.25. The van der Waals surface area contributed by atoms with E-state index in [1.54, 1.807) is 7.11 Å². The Morgan fingerprint density at radius 2 is 2.07 bits per heavy atom. The van der Waals surface area contributed by atoms with Crippen LogP contribution in [0.25, 0.3) is 0 Å². The zero-order valence-corrected chi connectivity index (χ0v) is 9.87. The van der Waals surface area contributed by atoms with Crippen LogP contribution in [0.15, 0.2) is 4.99 Å². The van der Waals surface area contributed by atoms with Crippen LogP contribution in [0, 0.1) is 11.3 Å². The highest BCUT2D eigenvalue weighted by molar-refractivity contribution is 5.82. The Bertz CT molecular complexity index is 233. The summed E-state index contributed by atoms with van der Waals surface area (Å²) in [6.07, 6.45) is 1.33. The van der Waals surface area contributed by atoms with Crippen molar-refractivity contribution in [1.82, 2.24) is 0 Å². The van der Waals surface area contributed by atoms with Crippen molar-refractivity contribution >= 4 is 5.84 Å². The second kappa shape index (κ2) is 3.89. The van der Waals surface area contributed by atoms with Crippen LogP contribution < -0.4 is 5.73 Å². The highest BCUT2D eigenvalue weighted by Crippen LogP contribution is 2.44. The number of nitrogens with two attached hydrogens (primary N) is 1. The molecule has 3 heteroatoms. The van der Waals surface area contributed by atoms with Crippen molar-refractivity contribution in [3.05, 3.63) is 0 Å². The molecule has 2 unspecified atom stereocenters. The number of aliphatic imine (C=N–C) groups is 1. The number of rotatable bonds is 3. The average molecular weight is 198 g/mol. The molecule has 0 aliphatic heterocycles. The van der Waals surface area contributed by atoms with E-state index in [9.17, 15) is 0 Å². The molecule has 0 aromatic heterocycles. The van der Waals surface area contributed by atoms with Gasteiger partial charge in [0.2, 0.25) is 0 Å². The second-order valence-corrected chi connectivity index (χ2v) is 5.01. The van der Waals surface area contributed by atoms with Gasteiger partial charge in [0.25, 0.3) is 0 Å². The van der Waals surface area contributed by atoms with Crippen LogP contribution in [0.3, 0.4) is 0 Å². The summed E-state index contributed by atoms with van der Waals surface area (Å²) in [6.45, 7) is 8.51. The maximum atomic E-state index is 5.84. The summed E-state index contributed by atoms with van der Waals surface area (Å²) in [6, 6.07) is 0.329. The molecule has 0 amide bonds. The predicted octanol–water partition coefficient (Wildman–Crippen LogP) is 1.81. The molecule has 0 aromatic rings. The van der Waals surface area contributed by atoms with Crippen molar-refractivity contribution in [1.29, 1.82) is 0 Å². The van der Waals surface area contributed by atoms with E-state index in [4.69, 9.17) is 10.5 Å². The molecule has 1 aliphatic rings. The Kier molecular flexibility index (Phi) is 3.20. The average Bonchev–Trinajstić information content (AvgIpc) is 2.10. The molecule has 14 heavy (non-hydrogen) atoms. The van der Waals surface area contributed by atoms with Gasteiger partial charge in [-0.25, -0.2) is 0 Å². The van der Waals surface area contributed by atoms with Gasteiger partial charge in [-0.2, -0.15) is 0 Å². The maximum Gasteiger partial charge on any atom is 0.0966 e. The molecule has 3 nitrogen and oxygen atoms in total. The predicted molar refractivity (Wildman–Crippen MR) is 59.4 cm³/mol. The van der Waals surface area contributed by atoms with Crippen LogP contribution in [0.1, 0.15) is 34.1 Å². The van der Waals surface area contributed by atoms with E-state index in [2.05, 4.69) is 32.7 Å². The van der Waals surface area contributed by atoms with Crippen LogP contribution in [-0.4, -0.2) is 25.1 Å². The van der Waals surface area contributed by atoms with E-state index in [0.29, 0.717) is 18.1 Å². The quantitative estimate of drug-likeness (QED) is 0.555. The summed E-state index contributed by atoms with van der Waals surface area (Å²) in [5.41, 5.74) is 5.98. The van der Waals surface area contributed by atoms with Gasteiger partial charge in [0.1, 0.15) is 0 Å². The molecule has 0 heterocycles. The summed E-state index contributed by atoms with van der Waals surface area (Å²) in [7, 11) is 1.76. The van der Waals surface area contributed by atoms with Crippen LogP contribution >= 0.6 is 0 Å². The van der Waals surface area contributed by atoms with Crippen molar-refractivity contribution in [2.75, 3.05) is 7.11 Å². The first kappa shape index (κ1) is 11.5. The summed E-state index contributed by atoms with van der Waals surface area (Å²) in [5.74, 6) is 1.10. The lowest BCUT2D eigenvalue weighted by atomic mass is 9.65. The third-order valence-electron chi connectivity index (χ3n) is 3.31. The largest absolute Gasteiger partial charge is 0.387 e. The Balaban J connectivity index is 2.63. The molecular weight excluding hydrogens is 176 g/mol. The Hall–Kier alpha value is -0.570. The molecule has 1 saturated carbocycles. The molecule has 0 bridgehead atoms. The standard InChI is InChI=1S/C11H22N2O/c1-7(2)10(12)13-8-6-9(14-5)11(8,3)4/h7-9H,6H2,1-5H3,(H2,12,13). The highest BCUT2D eigenvalue weighted by Gasteiger charge is 2.48. The number of ether oxygens (including phenoxy) is 1. The van der Waals surface area contributed by atoms with Gasteiger partial charge < -0.3 is 10.5 Å². The first-order valence-corrected chi connectivity index (χ1v) is 5.25. The van der Waals surface area contributed by atoms with E-state index >= 15 is 0 Å². The van der Waals surface area contributed by atoms with Gasteiger partial charge in [0, 0.05) is 18.4 Å². The molecule has 2 N–H and O–H groups in total. The fraction of sp³-hybridized carbons (Fsp3) is 0.909. The Morgan fingerprint density at radius 3 is 2.43 bits per heavy atom. The molecule has 1 aliphatic carbocycles. The minimum Gasteiger partial charge on any atom is -0.387 e. The normalized spacial score (nSPS) is 31.7. The van der Waals surface area contributed by atoms with E-state index in [0.717, 1.165) is 12.3 Å². The maximum absolute atomic E-state index is 5.84. The second-order valence-electron chi connectivity index (χ2n) is 5.01. The van der Waals surface area contributed by atoms with Crippen LogP contribution in [-0.2, 0) is 4.74 Å². The van der Waals surface area contributed by atoms with E-state index in [1.807, 2.05) is 0 Å².